The number of nitrogens with zero attached hydrogens (tertiary/aromatic N) is 3. The summed E-state index contributed by atoms with van der Waals surface area (Å²) in [5.41, 5.74) is 7.44. The molecule has 0 spiro atoms. The van der Waals surface area contributed by atoms with Crippen LogP contribution in [0.4, 0.5) is 4.39 Å². The average Bonchev–Trinajstić information content (AvgIpc) is 3.14. The number of aryl methyl sites for hydroxylation is 3. The number of ether oxygens (including phenoxy) is 3. The second kappa shape index (κ2) is 18.7. The number of carbonyl (C=O) groups excluding carboxylic acids is 1. The van der Waals surface area contributed by atoms with Crippen LogP contribution in [-0.4, -0.2) is 53.0 Å². The molecule has 1 saturated heterocycles. The number of pyridine rings is 1. The Balaban J connectivity index is 0.00000541. The molecule has 1 unspecified atom stereocenters. The Kier molecular flexibility index (Phi) is 13.8. The second-order valence-electron chi connectivity index (χ2n) is 13.5. The SMILES string of the molecule is Br.Cc1ccc(OC(C)Cc2ccc(CN3CCN(C(=O)/C=C/c4cc(C)c(Oc5ccc(OCc6ccc(F)cc6)cn5)c(C)c4)CC3)cc2)cc1. The third-order valence-electron chi connectivity index (χ3n) is 9.13. The van der Waals surface area contributed by atoms with Crippen molar-refractivity contribution in [1.29, 1.82) is 0 Å². The van der Waals surface area contributed by atoms with E-state index in [-0.39, 0.29) is 34.8 Å². The van der Waals surface area contributed by atoms with E-state index in [0.717, 1.165) is 59.8 Å². The number of hydrogen-bond acceptors (Lipinski definition) is 6. The minimum Gasteiger partial charge on any atom is -0.490 e. The number of aromatic nitrogens is 1. The van der Waals surface area contributed by atoms with Gasteiger partial charge >= 0.3 is 0 Å². The van der Waals surface area contributed by atoms with Crippen LogP contribution >= 0.6 is 17.0 Å². The van der Waals surface area contributed by atoms with Gasteiger partial charge in [0.15, 0.2) is 0 Å². The first-order valence-electron chi connectivity index (χ1n) is 17.8. The van der Waals surface area contributed by atoms with E-state index >= 15 is 0 Å². The number of halogens is 2. The summed E-state index contributed by atoms with van der Waals surface area (Å²) >= 11 is 0. The smallest absolute Gasteiger partial charge is 0.246 e. The van der Waals surface area contributed by atoms with Crippen molar-refractivity contribution in [1.82, 2.24) is 14.8 Å². The van der Waals surface area contributed by atoms with Crippen molar-refractivity contribution in [3.05, 3.63) is 154 Å². The Labute approximate surface area is 322 Å². The molecule has 1 aromatic heterocycles. The third-order valence-corrected chi connectivity index (χ3v) is 9.13. The molecule has 4 aromatic carbocycles. The van der Waals surface area contributed by atoms with E-state index < -0.39 is 0 Å². The lowest BCUT2D eigenvalue weighted by Crippen LogP contribution is -2.47. The molecule has 1 fully saturated rings. The second-order valence-corrected chi connectivity index (χ2v) is 13.5. The van der Waals surface area contributed by atoms with Gasteiger partial charge in [-0.05, 0) is 110 Å². The average molecular weight is 781 g/mol. The molecule has 0 bridgehead atoms. The van der Waals surface area contributed by atoms with Crippen LogP contribution in [0.25, 0.3) is 6.08 Å². The van der Waals surface area contributed by atoms with Crippen LogP contribution in [0.1, 0.15) is 45.9 Å². The van der Waals surface area contributed by atoms with Crippen LogP contribution in [0.2, 0.25) is 0 Å². The highest BCUT2D eigenvalue weighted by Crippen LogP contribution is 2.30. The molecule has 53 heavy (non-hydrogen) atoms. The predicted molar refractivity (Wildman–Crippen MR) is 214 cm³/mol. The summed E-state index contributed by atoms with van der Waals surface area (Å²) in [6.45, 7) is 12.4. The highest BCUT2D eigenvalue weighted by Gasteiger charge is 2.20. The zero-order valence-corrected chi connectivity index (χ0v) is 32.5. The number of carbonyl (C=O) groups is 1. The zero-order chi connectivity index (χ0) is 36.5. The van der Waals surface area contributed by atoms with E-state index in [4.69, 9.17) is 14.2 Å². The van der Waals surface area contributed by atoms with E-state index in [1.165, 1.54) is 28.8 Å². The van der Waals surface area contributed by atoms with Crippen LogP contribution in [0.3, 0.4) is 0 Å². The number of rotatable bonds is 13. The topological polar surface area (TPSA) is 64.1 Å². The predicted octanol–water partition coefficient (Wildman–Crippen LogP) is 9.46. The molecule has 9 heteroatoms. The lowest BCUT2D eigenvalue weighted by atomic mass is 10.0. The Morgan fingerprint density at radius 3 is 2.08 bits per heavy atom. The molecule has 0 N–H and O–H groups in total. The highest BCUT2D eigenvalue weighted by atomic mass is 79.9. The number of amides is 1. The number of hydrogen-bond donors (Lipinski definition) is 0. The maximum atomic E-state index is 13.1. The van der Waals surface area contributed by atoms with E-state index in [0.29, 0.717) is 31.3 Å². The summed E-state index contributed by atoms with van der Waals surface area (Å²) in [5, 5.41) is 0. The Bertz CT molecular complexity index is 1940. The van der Waals surface area contributed by atoms with Gasteiger partial charge in [-0.25, -0.2) is 9.37 Å². The van der Waals surface area contributed by atoms with Gasteiger partial charge < -0.3 is 19.1 Å². The molecular formula is C44H47BrFN3O4. The fourth-order valence-electron chi connectivity index (χ4n) is 6.27. The fourth-order valence-corrected chi connectivity index (χ4v) is 6.27. The summed E-state index contributed by atoms with van der Waals surface area (Å²) in [6, 6.07) is 30.7. The van der Waals surface area contributed by atoms with Crippen LogP contribution in [0.5, 0.6) is 23.1 Å². The van der Waals surface area contributed by atoms with Crippen LogP contribution in [0, 0.1) is 26.6 Å². The Morgan fingerprint density at radius 2 is 1.43 bits per heavy atom. The maximum absolute atomic E-state index is 13.1. The summed E-state index contributed by atoms with van der Waals surface area (Å²) in [6.07, 6.45) is 6.09. The van der Waals surface area contributed by atoms with E-state index in [1.807, 2.05) is 49.1 Å². The first kappa shape index (κ1) is 39.2. The van der Waals surface area contributed by atoms with Crippen molar-refractivity contribution in [2.75, 3.05) is 26.2 Å². The lowest BCUT2D eigenvalue weighted by molar-refractivity contribution is -0.127. The van der Waals surface area contributed by atoms with Gasteiger partial charge in [-0.15, -0.1) is 17.0 Å². The molecular weight excluding hydrogens is 733 g/mol. The molecule has 2 heterocycles. The molecule has 0 radical (unpaired) electrons. The quantitative estimate of drug-likeness (QED) is 0.111. The van der Waals surface area contributed by atoms with Crippen LogP contribution in [-0.2, 0) is 24.4 Å². The van der Waals surface area contributed by atoms with Crippen molar-refractivity contribution in [2.45, 2.75) is 53.4 Å². The van der Waals surface area contributed by atoms with Crippen molar-refractivity contribution >= 4 is 29.0 Å². The van der Waals surface area contributed by atoms with Crippen LogP contribution in [0.15, 0.2) is 109 Å². The maximum Gasteiger partial charge on any atom is 0.246 e. The normalized spacial score (nSPS) is 13.7. The molecule has 0 aliphatic carbocycles. The van der Waals surface area contributed by atoms with Crippen molar-refractivity contribution in [3.8, 4) is 23.1 Å². The van der Waals surface area contributed by atoms with Gasteiger partial charge in [0.05, 0.1) is 12.3 Å². The summed E-state index contributed by atoms with van der Waals surface area (Å²) in [5.74, 6) is 2.41. The number of piperazine rings is 1. The van der Waals surface area contributed by atoms with Gasteiger partial charge in [0.2, 0.25) is 11.8 Å². The van der Waals surface area contributed by atoms with Crippen molar-refractivity contribution in [2.24, 2.45) is 0 Å². The molecule has 7 nitrogen and oxygen atoms in total. The molecule has 1 aliphatic rings. The standard InChI is InChI=1S/C44H46FN3O4.BrH/c1-31-5-16-40(17-6-31)51-34(4)27-35-7-9-36(10-8-35)29-47-21-23-48(24-22-47)43(49)20-13-38-25-32(2)44(33(3)26-38)52-42-19-18-41(28-46-42)50-30-37-11-14-39(45)15-12-37;/h5-20,25-26,28,34H,21-24,27,29-30H2,1-4H3;1H/b20-13+;. The zero-order valence-electron chi connectivity index (χ0n) is 30.8. The van der Waals surface area contributed by atoms with Gasteiger partial charge in [-0.3, -0.25) is 9.69 Å². The van der Waals surface area contributed by atoms with Crippen LogP contribution < -0.4 is 14.2 Å². The molecule has 1 aliphatic heterocycles. The van der Waals surface area contributed by atoms with E-state index in [2.05, 4.69) is 60.1 Å². The van der Waals surface area contributed by atoms with Crippen molar-refractivity contribution in [3.63, 3.8) is 0 Å². The fraction of sp³-hybridized carbons (Fsp3) is 0.273. The lowest BCUT2D eigenvalue weighted by Gasteiger charge is -2.34. The van der Waals surface area contributed by atoms with Crippen molar-refractivity contribution < 1.29 is 23.4 Å². The molecule has 0 saturated carbocycles. The van der Waals surface area contributed by atoms with E-state index in [9.17, 15) is 9.18 Å². The Morgan fingerprint density at radius 1 is 0.811 bits per heavy atom. The first-order chi connectivity index (χ1) is 25.2. The van der Waals surface area contributed by atoms with Gasteiger partial charge in [-0.2, -0.15) is 0 Å². The third kappa shape index (κ3) is 11.5. The highest BCUT2D eigenvalue weighted by molar-refractivity contribution is 8.93. The van der Waals surface area contributed by atoms with Gasteiger partial charge in [-0.1, -0.05) is 54.1 Å². The van der Waals surface area contributed by atoms with E-state index in [1.54, 1.807) is 36.5 Å². The summed E-state index contributed by atoms with van der Waals surface area (Å²) in [7, 11) is 0. The van der Waals surface area contributed by atoms with Gasteiger partial charge in [0, 0.05) is 51.3 Å². The molecule has 1 amide bonds. The summed E-state index contributed by atoms with van der Waals surface area (Å²) < 4.78 is 31.1. The molecule has 1 atom stereocenters. The molecule has 6 rings (SSSR count). The van der Waals surface area contributed by atoms with Gasteiger partial charge in [0.1, 0.15) is 29.7 Å². The first-order valence-corrected chi connectivity index (χ1v) is 17.8. The largest absolute Gasteiger partial charge is 0.490 e. The molecule has 5 aromatic rings. The Hall–Kier alpha value is -4.99. The minimum atomic E-state index is -0.277. The minimum absolute atomic E-state index is 0. The summed E-state index contributed by atoms with van der Waals surface area (Å²) in [4.78, 5) is 21.8. The van der Waals surface area contributed by atoms with Gasteiger partial charge in [0.25, 0.3) is 0 Å². The number of benzene rings is 4. The molecule has 276 valence electrons. The monoisotopic (exact) mass is 779 g/mol.